The van der Waals surface area contributed by atoms with Gasteiger partial charge in [0.2, 0.25) is 0 Å². The number of aromatic nitrogens is 3. The third-order valence-corrected chi connectivity index (χ3v) is 8.69. The molecule has 226 valence electrons. The van der Waals surface area contributed by atoms with Crippen LogP contribution >= 0.6 is 0 Å². The third kappa shape index (κ3) is 4.95. The largest absolute Gasteiger partial charge is 0.456 e. The van der Waals surface area contributed by atoms with Gasteiger partial charge in [-0.25, -0.2) is 15.0 Å². The van der Waals surface area contributed by atoms with Gasteiger partial charge in [-0.15, -0.1) is 0 Å². The van der Waals surface area contributed by atoms with Crippen LogP contribution in [0.25, 0.3) is 66.9 Å². The van der Waals surface area contributed by atoms with Gasteiger partial charge in [0.25, 0.3) is 0 Å². The van der Waals surface area contributed by atoms with Crippen LogP contribution in [0.4, 0.5) is 17.1 Å². The number of furan rings is 1. The van der Waals surface area contributed by atoms with Crippen molar-refractivity contribution >= 4 is 49.8 Å². The van der Waals surface area contributed by atoms with Gasteiger partial charge in [-0.2, -0.15) is 0 Å². The Hall–Kier alpha value is -6.59. The summed E-state index contributed by atoms with van der Waals surface area (Å²) in [7, 11) is 0. The van der Waals surface area contributed by atoms with Crippen LogP contribution in [-0.2, 0) is 0 Å². The quantitative estimate of drug-likeness (QED) is 0.186. The lowest BCUT2D eigenvalue weighted by Gasteiger charge is -2.26. The fourth-order valence-electron chi connectivity index (χ4n) is 6.39. The Morgan fingerprint density at radius 1 is 0.375 bits per heavy atom. The van der Waals surface area contributed by atoms with E-state index in [-0.39, 0.29) is 0 Å². The number of fused-ring (bicyclic) bond motifs is 4. The Morgan fingerprint density at radius 3 is 1.60 bits per heavy atom. The number of para-hydroxylation sites is 1. The molecule has 9 rings (SSSR count). The lowest BCUT2D eigenvalue weighted by molar-refractivity contribution is 0.669. The highest BCUT2D eigenvalue weighted by atomic mass is 16.3. The third-order valence-electron chi connectivity index (χ3n) is 8.69. The number of rotatable bonds is 6. The maximum absolute atomic E-state index is 6.60. The summed E-state index contributed by atoms with van der Waals surface area (Å²) >= 11 is 0. The monoisotopic (exact) mass is 616 g/mol. The van der Waals surface area contributed by atoms with Crippen LogP contribution < -0.4 is 4.90 Å². The lowest BCUT2D eigenvalue weighted by atomic mass is 10.1. The first-order valence-corrected chi connectivity index (χ1v) is 16.0. The van der Waals surface area contributed by atoms with E-state index in [1.807, 2.05) is 72.8 Å². The average molecular weight is 617 g/mol. The highest BCUT2D eigenvalue weighted by Gasteiger charge is 2.18. The molecule has 0 amide bonds. The minimum Gasteiger partial charge on any atom is -0.456 e. The highest BCUT2D eigenvalue weighted by molar-refractivity contribution is 6.07. The molecule has 0 radical (unpaired) electrons. The van der Waals surface area contributed by atoms with Crippen LogP contribution in [-0.4, -0.2) is 15.0 Å². The normalized spacial score (nSPS) is 11.3. The molecule has 0 atom stereocenters. The molecule has 5 heteroatoms. The molecular formula is C43H28N4O. The van der Waals surface area contributed by atoms with E-state index in [1.54, 1.807) is 0 Å². The van der Waals surface area contributed by atoms with Crippen LogP contribution in [0.3, 0.4) is 0 Å². The molecule has 0 unspecified atom stereocenters. The molecule has 0 aliphatic carbocycles. The van der Waals surface area contributed by atoms with Crippen molar-refractivity contribution in [1.82, 2.24) is 15.0 Å². The average Bonchev–Trinajstić information content (AvgIpc) is 3.53. The Kier molecular flexibility index (Phi) is 6.72. The minimum atomic E-state index is 0.594. The van der Waals surface area contributed by atoms with Crippen molar-refractivity contribution in [3.8, 4) is 34.2 Å². The molecule has 2 heterocycles. The molecular weight excluding hydrogens is 589 g/mol. The van der Waals surface area contributed by atoms with Gasteiger partial charge in [0.15, 0.2) is 17.5 Å². The molecule has 9 aromatic rings. The minimum absolute atomic E-state index is 0.594. The van der Waals surface area contributed by atoms with Crippen LogP contribution in [0.5, 0.6) is 0 Å². The molecule has 0 N–H and O–H groups in total. The number of nitrogens with zero attached hydrogens (tertiary/aromatic N) is 4. The van der Waals surface area contributed by atoms with E-state index in [0.29, 0.717) is 17.5 Å². The zero-order chi connectivity index (χ0) is 31.9. The zero-order valence-corrected chi connectivity index (χ0v) is 25.9. The van der Waals surface area contributed by atoms with E-state index >= 15 is 0 Å². The fraction of sp³-hybridized carbons (Fsp3) is 0. The van der Waals surface area contributed by atoms with Gasteiger partial charge < -0.3 is 9.32 Å². The highest BCUT2D eigenvalue weighted by Crippen LogP contribution is 2.41. The van der Waals surface area contributed by atoms with E-state index in [9.17, 15) is 0 Å². The fourth-order valence-corrected chi connectivity index (χ4v) is 6.39. The zero-order valence-electron chi connectivity index (χ0n) is 25.9. The van der Waals surface area contributed by atoms with E-state index in [2.05, 4.69) is 102 Å². The second kappa shape index (κ2) is 11.6. The summed E-state index contributed by atoms with van der Waals surface area (Å²) in [6.07, 6.45) is 0. The molecule has 7 aromatic carbocycles. The molecule has 5 nitrogen and oxygen atoms in total. The Bertz CT molecular complexity index is 2500. The number of anilines is 3. The van der Waals surface area contributed by atoms with Crippen molar-refractivity contribution < 1.29 is 4.42 Å². The van der Waals surface area contributed by atoms with Gasteiger partial charge in [0.1, 0.15) is 11.2 Å². The Balaban J connectivity index is 1.17. The van der Waals surface area contributed by atoms with Crippen LogP contribution in [0, 0.1) is 0 Å². The van der Waals surface area contributed by atoms with Crippen LogP contribution in [0.1, 0.15) is 0 Å². The summed E-state index contributed by atoms with van der Waals surface area (Å²) in [4.78, 5) is 17.0. The lowest BCUT2D eigenvalue weighted by Crippen LogP contribution is -2.10. The van der Waals surface area contributed by atoms with Crippen molar-refractivity contribution in [2.24, 2.45) is 0 Å². The van der Waals surface area contributed by atoms with Crippen LogP contribution in [0.15, 0.2) is 174 Å². The van der Waals surface area contributed by atoms with Gasteiger partial charge >= 0.3 is 0 Å². The van der Waals surface area contributed by atoms with Crippen molar-refractivity contribution in [3.05, 3.63) is 170 Å². The van der Waals surface area contributed by atoms with E-state index < -0.39 is 0 Å². The van der Waals surface area contributed by atoms with Gasteiger partial charge in [0.05, 0.1) is 5.69 Å². The standard InChI is InChI=1S/C43H28N4O/c1-4-14-30(15-5-1)41-44-42(31-16-6-2-7-17-31)46-43(45-41)32-23-25-36-37-26-24-34(28-40(37)48-39(36)27-32)47(33-19-8-3-9-20-33)38-22-12-18-29-13-10-11-21-35(29)38/h1-28H. The predicted octanol–water partition coefficient (Wildman–Crippen LogP) is 11.4. The molecule has 48 heavy (non-hydrogen) atoms. The molecule has 0 aliphatic heterocycles. The van der Waals surface area contributed by atoms with Gasteiger partial charge in [-0.05, 0) is 47.9 Å². The van der Waals surface area contributed by atoms with E-state index in [0.717, 1.165) is 55.7 Å². The first-order chi connectivity index (χ1) is 23.8. The smallest absolute Gasteiger partial charge is 0.164 e. The Morgan fingerprint density at radius 2 is 0.917 bits per heavy atom. The first kappa shape index (κ1) is 27.7. The molecule has 0 saturated carbocycles. The maximum atomic E-state index is 6.60. The molecule has 0 fully saturated rings. The summed E-state index contributed by atoms with van der Waals surface area (Å²) in [5.74, 6) is 1.85. The number of benzene rings is 7. The summed E-state index contributed by atoms with van der Waals surface area (Å²) in [5.41, 5.74) is 7.52. The van der Waals surface area contributed by atoms with Crippen molar-refractivity contribution in [1.29, 1.82) is 0 Å². The van der Waals surface area contributed by atoms with Crippen LogP contribution in [0.2, 0.25) is 0 Å². The molecule has 0 bridgehead atoms. The van der Waals surface area contributed by atoms with Crippen molar-refractivity contribution in [2.75, 3.05) is 4.90 Å². The van der Waals surface area contributed by atoms with Gasteiger partial charge in [-0.3, -0.25) is 0 Å². The summed E-state index contributed by atoms with van der Waals surface area (Å²) < 4.78 is 6.60. The second-order valence-corrected chi connectivity index (χ2v) is 11.7. The molecule has 0 spiro atoms. The summed E-state index contributed by atoms with van der Waals surface area (Å²) in [5, 5.41) is 4.46. The second-order valence-electron chi connectivity index (χ2n) is 11.7. The SMILES string of the molecule is c1ccc(-c2nc(-c3ccccc3)nc(-c3ccc4c(c3)oc3cc(N(c5ccccc5)c5cccc6ccccc56)ccc34)n2)cc1. The maximum Gasteiger partial charge on any atom is 0.164 e. The van der Waals surface area contributed by atoms with Crippen molar-refractivity contribution in [2.45, 2.75) is 0 Å². The number of hydrogen-bond donors (Lipinski definition) is 0. The molecule has 0 saturated heterocycles. The van der Waals surface area contributed by atoms with E-state index in [4.69, 9.17) is 19.4 Å². The van der Waals surface area contributed by atoms with Crippen molar-refractivity contribution in [3.63, 3.8) is 0 Å². The topological polar surface area (TPSA) is 55.1 Å². The number of hydrogen-bond acceptors (Lipinski definition) is 5. The van der Waals surface area contributed by atoms with E-state index in [1.165, 1.54) is 10.8 Å². The molecule has 0 aliphatic rings. The molecule has 2 aromatic heterocycles. The van der Waals surface area contributed by atoms with Gasteiger partial charge in [0, 0.05) is 50.3 Å². The summed E-state index contributed by atoms with van der Waals surface area (Å²) in [6, 6.07) is 58.1. The predicted molar refractivity (Wildman–Crippen MR) is 196 cm³/mol. The van der Waals surface area contributed by atoms with Gasteiger partial charge in [-0.1, -0.05) is 121 Å². The first-order valence-electron chi connectivity index (χ1n) is 16.0. The summed E-state index contributed by atoms with van der Waals surface area (Å²) in [6.45, 7) is 0. The Labute approximate surface area is 277 Å².